The number of aromatic nitrogens is 1. The van der Waals surface area contributed by atoms with E-state index in [0.29, 0.717) is 17.7 Å². The normalized spacial score (nSPS) is 11.0. The highest BCUT2D eigenvalue weighted by Gasteiger charge is 2.05. The standard InChI is InChI=1S/C20H19N3O3/c1-2-11-26-17-9-7-14(8-10-17)20(25)23-21-13-16-12-15-5-3-4-6-18(15)22-19(16)24/h3-10,12-13H,2,11H2,1H3,(H,22,24)(H,23,25)/b21-13-. The molecule has 0 unspecified atom stereocenters. The second-order valence-electron chi connectivity index (χ2n) is 5.71. The first-order chi connectivity index (χ1) is 12.7. The van der Waals surface area contributed by atoms with E-state index in [1.807, 2.05) is 31.2 Å². The van der Waals surface area contributed by atoms with Gasteiger partial charge in [0.25, 0.3) is 11.5 Å². The summed E-state index contributed by atoms with van der Waals surface area (Å²) in [5, 5.41) is 4.77. The Morgan fingerprint density at radius 3 is 2.73 bits per heavy atom. The predicted molar refractivity (Wildman–Crippen MR) is 102 cm³/mol. The number of aromatic amines is 1. The molecule has 0 radical (unpaired) electrons. The molecule has 2 aromatic carbocycles. The van der Waals surface area contributed by atoms with Crippen LogP contribution < -0.4 is 15.7 Å². The summed E-state index contributed by atoms with van der Waals surface area (Å²) in [6.45, 7) is 2.66. The summed E-state index contributed by atoms with van der Waals surface area (Å²) in [5.74, 6) is 0.357. The number of hydrazone groups is 1. The van der Waals surface area contributed by atoms with E-state index in [9.17, 15) is 9.59 Å². The number of pyridine rings is 1. The Bertz CT molecular complexity index is 991. The van der Waals surface area contributed by atoms with E-state index in [2.05, 4.69) is 15.5 Å². The van der Waals surface area contributed by atoms with Crippen molar-refractivity contribution in [3.63, 3.8) is 0 Å². The molecule has 26 heavy (non-hydrogen) atoms. The largest absolute Gasteiger partial charge is 0.494 e. The van der Waals surface area contributed by atoms with E-state index < -0.39 is 0 Å². The monoisotopic (exact) mass is 349 g/mol. The molecule has 3 rings (SSSR count). The number of H-pyrrole nitrogens is 1. The van der Waals surface area contributed by atoms with Crippen molar-refractivity contribution in [2.24, 2.45) is 5.10 Å². The van der Waals surface area contributed by atoms with Gasteiger partial charge in [-0.25, -0.2) is 5.43 Å². The molecule has 0 atom stereocenters. The molecule has 0 fully saturated rings. The SMILES string of the molecule is CCCOc1ccc(C(=O)N/N=C\c2cc3ccccc3[nH]c2=O)cc1. The van der Waals surface area contributed by atoms with Gasteiger partial charge in [-0.2, -0.15) is 5.10 Å². The van der Waals surface area contributed by atoms with E-state index in [0.717, 1.165) is 23.1 Å². The molecular formula is C20H19N3O3. The summed E-state index contributed by atoms with van der Waals surface area (Å²) in [7, 11) is 0. The van der Waals surface area contributed by atoms with Gasteiger partial charge in [0, 0.05) is 11.1 Å². The molecule has 0 saturated carbocycles. The van der Waals surface area contributed by atoms with E-state index in [-0.39, 0.29) is 11.5 Å². The van der Waals surface area contributed by atoms with Crippen LogP contribution in [-0.2, 0) is 0 Å². The van der Waals surface area contributed by atoms with Gasteiger partial charge in [0.1, 0.15) is 5.75 Å². The smallest absolute Gasteiger partial charge is 0.271 e. The minimum Gasteiger partial charge on any atom is -0.494 e. The van der Waals surface area contributed by atoms with Crippen LogP contribution in [-0.4, -0.2) is 23.7 Å². The number of ether oxygens (including phenoxy) is 1. The van der Waals surface area contributed by atoms with Crippen LogP contribution in [0.3, 0.4) is 0 Å². The van der Waals surface area contributed by atoms with Crippen LogP contribution in [0.1, 0.15) is 29.3 Å². The van der Waals surface area contributed by atoms with Crippen molar-refractivity contribution in [2.45, 2.75) is 13.3 Å². The summed E-state index contributed by atoms with van der Waals surface area (Å²) in [4.78, 5) is 26.9. The number of carbonyl (C=O) groups is 1. The third-order valence-electron chi connectivity index (χ3n) is 3.74. The maximum absolute atomic E-state index is 12.1. The highest BCUT2D eigenvalue weighted by atomic mass is 16.5. The average Bonchev–Trinajstić information content (AvgIpc) is 2.67. The van der Waals surface area contributed by atoms with Crippen LogP contribution in [0.15, 0.2) is 64.5 Å². The number of benzene rings is 2. The second-order valence-corrected chi connectivity index (χ2v) is 5.71. The fourth-order valence-electron chi connectivity index (χ4n) is 2.41. The molecule has 0 aliphatic rings. The van der Waals surface area contributed by atoms with Crippen molar-refractivity contribution in [3.05, 3.63) is 76.1 Å². The summed E-state index contributed by atoms with van der Waals surface area (Å²) < 4.78 is 5.48. The van der Waals surface area contributed by atoms with Crippen LogP contribution in [0.4, 0.5) is 0 Å². The summed E-state index contributed by atoms with van der Waals surface area (Å²) >= 11 is 0. The molecule has 0 aliphatic heterocycles. The van der Waals surface area contributed by atoms with E-state index >= 15 is 0 Å². The minimum absolute atomic E-state index is 0.265. The first kappa shape index (κ1) is 17.4. The summed E-state index contributed by atoms with van der Waals surface area (Å²) in [5.41, 5.74) is 3.74. The van der Waals surface area contributed by atoms with Crippen LogP contribution in [0.2, 0.25) is 0 Å². The summed E-state index contributed by atoms with van der Waals surface area (Å²) in [6, 6.07) is 16.0. The number of hydrogen-bond donors (Lipinski definition) is 2. The van der Waals surface area contributed by atoms with Gasteiger partial charge >= 0.3 is 0 Å². The zero-order valence-corrected chi connectivity index (χ0v) is 14.4. The van der Waals surface area contributed by atoms with Crippen molar-refractivity contribution < 1.29 is 9.53 Å². The van der Waals surface area contributed by atoms with Crippen molar-refractivity contribution in [3.8, 4) is 5.75 Å². The maximum atomic E-state index is 12.1. The van der Waals surface area contributed by atoms with Crippen molar-refractivity contribution >= 4 is 23.0 Å². The average molecular weight is 349 g/mol. The van der Waals surface area contributed by atoms with E-state index in [1.54, 1.807) is 30.3 Å². The van der Waals surface area contributed by atoms with Gasteiger partial charge in [0.05, 0.1) is 18.4 Å². The summed E-state index contributed by atoms with van der Waals surface area (Å²) in [6.07, 6.45) is 2.26. The maximum Gasteiger partial charge on any atom is 0.271 e. The number of nitrogens with zero attached hydrogens (tertiary/aromatic N) is 1. The third kappa shape index (κ3) is 4.16. The Morgan fingerprint density at radius 2 is 1.96 bits per heavy atom. The molecular weight excluding hydrogens is 330 g/mol. The van der Waals surface area contributed by atoms with Gasteiger partial charge in [-0.1, -0.05) is 25.1 Å². The molecule has 0 bridgehead atoms. The molecule has 0 saturated heterocycles. The molecule has 1 aromatic heterocycles. The van der Waals surface area contributed by atoms with Crippen LogP contribution >= 0.6 is 0 Å². The Kier molecular flexibility index (Phi) is 5.43. The van der Waals surface area contributed by atoms with Gasteiger partial charge < -0.3 is 9.72 Å². The highest BCUT2D eigenvalue weighted by Crippen LogP contribution is 2.12. The zero-order valence-electron chi connectivity index (χ0n) is 14.4. The highest BCUT2D eigenvalue weighted by molar-refractivity contribution is 5.95. The molecule has 132 valence electrons. The molecule has 0 aliphatic carbocycles. The predicted octanol–water partition coefficient (Wildman–Crippen LogP) is 3.08. The Hall–Kier alpha value is -3.41. The number of nitrogens with one attached hydrogen (secondary N) is 2. The lowest BCUT2D eigenvalue weighted by Gasteiger charge is -2.05. The Balaban J connectivity index is 1.67. The molecule has 6 heteroatoms. The first-order valence-corrected chi connectivity index (χ1v) is 8.35. The number of amides is 1. The van der Waals surface area contributed by atoms with Gasteiger partial charge in [0.15, 0.2) is 0 Å². The second kappa shape index (κ2) is 8.11. The number of carbonyl (C=O) groups excluding carboxylic acids is 1. The molecule has 3 aromatic rings. The van der Waals surface area contributed by atoms with Crippen molar-refractivity contribution in [1.29, 1.82) is 0 Å². The van der Waals surface area contributed by atoms with Crippen LogP contribution in [0.5, 0.6) is 5.75 Å². The number of rotatable bonds is 6. The fourth-order valence-corrected chi connectivity index (χ4v) is 2.41. The van der Waals surface area contributed by atoms with Gasteiger partial charge in [0.2, 0.25) is 0 Å². The number of fused-ring (bicyclic) bond motifs is 1. The van der Waals surface area contributed by atoms with E-state index in [1.165, 1.54) is 6.21 Å². The zero-order chi connectivity index (χ0) is 18.4. The Labute approximate surface area is 150 Å². The quantitative estimate of drug-likeness (QED) is 0.530. The van der Waals surface area contributed by atoms with Gasteiger partial charge in [-0.3, -0.25) is 9.59 Å². The number of para-hydroxylation sites is 1. The van der Waals surface area contributed by atoms with Crippen LogP contribution in [0.25, 0.3) is 10.9 Å². The van der Waals surface area contributed by atoms with Gasteiger partial charge in [-0.15, -0.1) is 0 Å². The lowest BCUT2D eigenvalue weighted by Crippen LogP contribution is -2.19. The fraction of sp³-hybridized carbons (Fsp3) is 0.150. The van der Waals surface area contributed by atoms with Gasteiger partial charge in [-0.05, 0) is 48.2 Å². The van der Waals surface area contributed by atoms with E-state index in [4.69, 9.17) is 4.74 Å². The molecule has 1 heterocycles. The first-order valence-electron chi connectivity index (χ1n) is 8.35. The topological polar surface area (TPSA) is 83.5 Å². The minimum atomic E-state index is -0.361. The molecule has 1 amide bonds. The third-order valence-corrected chi connectivity index (χ3v) is 3.74. The lowest BCUT2D eigenvalue weighted by molar-refractivity contribution is 0.0955. The molecule has 2 N–H and O–H groups in total. The lowest BCUT2D eigenvalue weighted by atomic mass is 10.2. The van der Waals surface area contributed by atoms with Crippen molar-refractivity contribution in [1.82, 2.24) is 10.4 Å². The number of hydrogen-bond acceptors (Lipinski definition) is 4. The Morgan fingerprint density at radius 1 is 1.19 bits per heavy atom. The molecule has 0 spiro atoms. The molecule has 6 nitrogen and oxygen atoms in total. The van der Waals surface area contributed by atoms with Crippen LogP contribution in [0, 0.1) is 0 Å². The van der Waals surface area contributed by atoms with Crippen molar-refractivity contribution in [2.75, 3.05) is 6.61 Å².